The number of nitrogens with zero attached hydrogens (tertiary/aromatic N) is 2. The lowest BCUT2D eigenvalue weighted by Crippen LogP contribution is -2.29. The summed E-state index contributed by atoms with van der Waals surface area (Å²) in [5, 5.41) is 15.1. The number of Topliss-reactive ketones (excluding diaryl/α,β-unsaturated/α-hetero) is 2. The molecule has 5 rings (SSSR count). The van der Waals surface area contributed by atoms with Crippen molar-refractivity contribution in [3.8, 4) is 0 Å². The van der Waals surface area contributed by atoms with Gasteiger partial charge in [-0.25, -0.2) is 0 Å². The summed E-state index contributed by atoms with van der Waals surface area (Å²) >= 11 is 0. The average molecular weight is 497 g/mol. The first-order valence-electron chi connectivity index (χ1n) is 12.9. The van der Waals surface area contributed by atoms with Crippen molar-refractivity contribution < 1.29 is 19.2 Å². The molecule has 0 spiro atoms. The maximum Gasteiger partial charge on any atom is 0.168 e. The first-order valence-corrected chi connectivity index (χ1v) is 12.9. The Labute approximate surface area is 217 Å². The Morgan fingerprint density at radius 2 is 1.70 bits per heavy atom. The highest BCUT2D eigenvalue weighted by Gasteiger charge is 2.36. The largest absolute Gasteiger partial charge is 0.511 e. The summed E-state index contributed by atoms with van der Waals surface area (Å²) in [6.45, 7) is 4.36. The zero-order valence-corrected chi connectivity index (χ0v) is 21.4. The maximum atomic E-state index is 13.2. The Morgan fingerprint density at radius 1 is 1.00 bits per heavy atom. The van der Waals surface area contributed by atoms with E-state index in [2.05, 4.69) is 5.16 Å². The number of aliphatic imine (C=N–C) groups is 1. The van der Waals surface area contributed by atoms with Crippen LogP contribution in [0.2, 0.25) is 0 Å². The third-order valence-corrected chi connectivity index (χ3v) is 7.28. The molecule has 3 aromatic rings. The van der Waals surface area contributed by atoms with Gasteiger partial charge in [-0.1, -0.05) is 79.7 Å². The second-order valence-corrected chi connectivity index (χ2v) is 10.9. The number of aromatic nitrogens is 1. The van der Waals surface area contributed by atoms with Crippen molar-refractivity contribution in [2.24, 2.45) is 10.4 Å². The number of carbonyl (C=O) groups excluding carboxylic acids is 2. The Morgan fingerprint density at radius 3 is 2.41 bits per heavy atom. The molecule has 37 heavy (non-hydrogen) atoms. The van der Waals surface area contributed by atoms with Crippen molar-refractivity contribution in [1.29, 1.82) is 0 Å². The molecule has 2 aliphatic rings. The molecule has 6 heteroatoms. The minimum Gasteiger partial charge on any atom is -0.511 e. The summed E-state index contributed by atoms with van der Waals surface area (Å²) in [4.78, 5) is 31.0. The number of carbonyl (C=O) groups is 2. The van der Waals surface area contributed by atoms with E-state index in [0.717, 1.165) is 11.1 Å². The lowest BCUT2D eigenvalue weighted by atomic mass is 9.75. The molecule has 2 aromatic carbocycles. The van der Waals surface area contributed by atoms with Crippen LogP contribution < -0.4 is 0 Å². The van der Waals surface area contributed by atoms with Crippen molar-refractivity contribution in [1.82, 2.24) is 5.16 Å². The molecule has 2 aliphatic carbocycles. The number of hydrogen-bond acceptors (Lipinski definition) is 6. The van der Waals surface area contributed by atoms with Crippen LogP contribution in [0.25, 0.3) is 0 Å². The molecule has 0 radical (unpaired) electrons. The minimum absolute atomic E-state index is 0.0340. The van der Waals surface area contributed by atoms with E-state index in [1.165, 1.54) is 0 Å². The smallest absolute Gasteiger partial charge is 0.168 e. The lowest BCUT2D eigenvalue weighted by molar-refractivity contribution is -0.118. The second-order valence-electron chi connectivity index (χ2n) is 10.9. The molecule has 0 amide bonds. The van der Waals surface area contributed by atoms with Crippen LogP contribution in [0.4, 0.5) is 0 Å². The minimum atomic E-state index is -0.290. The summed E-state index contributed by atoms with van der Waals surface area (Å²) in [6, 6.07) is 19.8. The van der Waals surface area contributed by atoms with Gasteiger partial charge in [-0.05, 0) is 35.3 Å². The fourth-order valence-corrected chi connectivity index (χ4v) is 5.48. The molecule has 190 valence electrons. The zero-order valence-electron chi connectivity index (χ0n) is 21.4. The van der Waals surface area contributed by atoms with Gasteiger partial charge in [0.25, 0.3) is 0 Å². The Hall–Kier alpha value is -3.80. The third kappa shape index (κ3) is 5.48. The molecule has 1 heterocycles. The van der Waals surface area contributed by atoms with Crippen LogP contribution in [-0.4, -0.2) is 27.5 Å². The third-order valence-electron chi connectivity index (χ3n) is 7.28. The van der Waals surface area contributed by atoms with Gasteiger partial charge in [0.2, 0.25) is 0 Å². The SMILES string of the molecule is CC1(C)CC(=O)C(C(CCc2noc3c2C(=O)CC(c2ccccc2)C3)=NCc2ccccc2)=C(O)C1. The van der Waals surface area contributed by atoms with E-state index < -0.39 is 0 Å². The molecule has 1 aromatic heterocycles. The quantitative estimate of drug-likeness (QED) is 0.384. The lowest BCUT2D eigenvalue weighted by Gasteiger charge is -2.30. The predicted octanol–water partition coefficient (Wildman–Crippen LogP) is 6.36. The molecule has 6 nitrogen and oxygen atoms in total. The van der Waals surface area contributed by atoms with Crippen molar-refractivity contribution >= 4 is 17.3 Å². The highest BCUT2D eigenvalue weighted by molar-refractivity contribution is 6.23. The molecule has 1 N–H and O–H groups in total. The number of allylic oxidation sites excluding steroid dienone is 2. The van der Waals surface area contributed by atoms with Gasteiger partial charge in [0.1, 0.15) is 11.5 Å². The van der Waals surface area contributed by atoms with Crippen molar-refractivity contribution in [3.63, 3.8) is 0 Å². The van der Waals surface area contributed by atoms with Gasteiger partial charge in [-0.2, -0.15) is 0 Å². The maximum absolute atomic E-state index is 13.2. The summed E-state index contributed by atoms with van der Waals surface area (Å²) in [5.41, 5.74) is 3.90. The van der Waals surface area contributed by atoms with E-state index in [4.69, 9.17) is 9.52 Å². The number of rotatable bonds is 7. The van der Waals surface area contributed by atoms with Crippen LogP contribution >= 0.6 is 0 Å². The highest BCUT2D eigenvalue weighted by Crippen LogP contribution is 2.38. The molecule has 0 saturated carbocycles. The normalized spacial score (nSPS) is 19.7. The van der Waals surface area contributed by atoms with Gasteiger partial charge in [0.05, 0.1) is 23.4 Å². The standard InChI is InChI=1S/C31H32N2O4/c1-31(2)17-26(35)29(27(36)18-31)23(32-19-20-9-5-3-6-10-20)13-14-24-30-25(34)15-22(16-28(30)37-33-24)21-11-7-4-8-12-21/h3-12,22,35H,13-19H2,1-2H3. The van der Waals surface area contributed by atoms with Gasteiger partial charge in [0.15, 0.2) is 11.6 Å². The topological polar surface area (TPSA) is 92.8 Å². The Bertz CT molecular complexity index is 1370. The molecule has 1 unspecified atom stereocenters. The van der Waals surface area contributed by atoms with Gasteiger partial charge in [-0.3, -0.25) is 14.6 Å². The van der Waals surface area contributed by atoms with Crippen LogP contribution in [0.3, 0.4) is 0 Å². The highest BCUT2D eigenvalue weighted by atomic mass is 16.5. The molecule has 0 aliphatic heterocycles. The fraction of sp³-hybridized carbons (Fsp3) is 0.355. The van der Waals surface area contributed by atoms with Crippen molar-refractivity contribution in [2.75, 3.05) is 0 Å². The number of fused-ring (bicyclic) bond motifs is 1. The predicted molar refractivity (Wildman–Crippen MR) is 142 cm³/mol. The number of aryl methyl sites for hydroxylation is 1. The van der Waals surface area contributed by atoms with Crippen LogP contribution in [-0.2, 0) is 24.2 Å². The monoisotopic (exact) mass is 496 g/mol. The number of ketones is 2. The van der Waals surface area contributed by atoms with Crippen LogP contribution in [0.1, 0.15) is 78.4 Å². The number of benzene rings is 2. The van der Waals surface area contributed by atoms with Gasteiger partial charge >= 0.3 is 0 Å². The molecule has 0 fully saturated rings. The van der Waals surface area contributed by atoms with Crippen molar-refractivity contribution in [2.45, 2.75) is 64.8 Å². The van der Waals surface area contributed by atoms with Crippen LogP contribution in [0.15, 0.2) is 81.5 Å². The van der Waals surface area contributed by atoms with E-state index in [9.17, 15) is 14.7 Å². The number of aliphatic hydroxyl groups excluding tert-OH is 1. The Balaban J connectivity index is 1.40. The van der Waals surface area contributed by atoms with Gasteiger partial charge in [-0.15, -0.1) is 0 Å². The number of aliphatic hydroxyl groups is 1. The summed E-state index contributed by atoms with van der Waals surface area (Å²) in [5.74, 6) is 0.740. The van der Waals surface area contributed by atoms with E-state index in [1.807, 2.05) is 74.5 Å². The fourth-order valence-electron chi connectivity index (χ4n) is 5.48. The van der Waals surface area contributed by atoms with E-state index in [-0.39, 0.29) is 28.7 Å². The molecule has 0 bridgehead atoms. The number of hydrogen-bond donors (Lipinski definition) is 1. The van der Waals surface area contributed by atoms with Crippen LogP contribution in [0.5, 0.6) is 0 Å². The molecular formula is C31H32N2O4. The Kier molecular flexibility index (Phi) is 6.92. The van der Waals surface area contributed by atoms with Crippen molar-refractivity contribution in [3.05, 3.63) is 100 Å². The molecule has 0 saturated heterocycles. The summed E-state index contributed by atoms with van der Waals surface area (Å²) < 4.78 is 5.65. The first-order chi connectivity index (χ1) is 17.8. The second kappa shape index (κ2) is 10.3. The van der Waals surface area contributed by atoms with E-state index in [0.29, 0.717) is 73.4 Å². The van der Waals surface area contributed by atoms with Gasteiger partial charge in [0, 0.05) is 31.4 Å². The van der Waals surface area contributed by atoms with Gasteiger partial charge < -0.3 is 9.63 Å². The molecular weight excluding hydrogens is 464 g/mol. The summed E-state index contributed by atoms with van der Waals surface area (Å²) in [7, 11) is 0. The average Bonchev–Trinajstić information content (AvgIpc) is 3.29. The zero-order chi connectivity index (χ0) is 26.0. The van der Waals surface area contributed by atoms with E-state index in [1.54, 1.807) is 0 Å². The van der Waals surface area contributed by atoms with Crippen LogP contribution in [0, 0.1) is 5.41 Å². The molecule has 1 atom stereocenters. The van der Waals surface area contributed by atoms with E-state index >= 15 is 0 Å². The summed E-state index contributed by atoms with van der Waals surface area (Å²) in [6.07, 6.45) is 2.62. The first kappa shape index (κ1) is 24.9.